The molecule has 1 amide bonds. The average molecular weight is 160 g/mol. The molecule has 5 heteroatoms. The van der Waals surface area contributed by atoms with Gasteiger partial charge < -0.3 is 9.47 Å². The molecule has 1 atom stereocenters. The van der Waals surface area contributed by atoms with E-state index in [4.69, 9.17) is 15.3 Å². The molecule has 0 radical (unpaired) electrons. The van der Waals surface area contributed by atoms with Crippen molar-refractivity contribution in [2.24, 2.45) is 5.84 Å². The van der Waals surface area contributed by atoms with E-state index < -0.39 is 11.9 Å². The molecule has 0 aromatic carbocycles. The van der Waals surface area contributed by atoms with Crippen molar-refractivity contribution in [1.29, 1.82) is 0 Å². The molecule has 0 aromatic heterocycles. The zero-order chi connectivity index (χ0) is 8.48. The van der Waals surface area contributed by atoms with E-state index in [9.17, 15) is 4.79 Å². The molecule has 64 valence electrons. The van der Waals surface area contributed by atoms with Gasteiger partial charge >= 0.3 is 0 Å². The summed E-state index contributed by atoms with van der Waals surface area (Å²) in [6, 6.07) is 0. The van der Waals surface area contributed by atoms with Gasteiger partial charge in [0.05, 0.1) is 6.61 Å². The number of nitrogens with two attached hydrogens (primary N) is 1. The molecule has 1 rings (SSSR count). The highest BCUT2D eigenvalue weighted by molar-refractivity contribution is 5.80. The lowest BCUT2D eigenvalue weighted by Gasteiger charge is -2.15. The van der Waals surface area contributed by atoms with Crippen LogP contribution in [0.2, 0.25) is 0 Å². The van der Waals surface area contributed by atoms with E-state index in [2.05, 4.69) is 0 Å². The second-order valence-corrected chi connectivity index (χ2v) is 2.83. The van der Waals surface area contributed by atoms with Crippen molar-refractivity contribution >= 4 is 5.91 Å². The fraction of sp³-hybridized carbons (Fsp3) is 0.833. The molecule has 1 saturated heterocycles. The Hall–Kier alpha value is -0.650. The molecule has 1 unspecified atom stereocenters. The predicted molar refractivity (Wildman–Crippen MR) is 37.2 cm³/mol. The van der Waals surface area contributed by atoms with Crippen molar-refractivity contribution in [1.82, 2.24) is 5.43 Å². The predicted octanol–water partition coefficient (Wildman–Crippen LogP) is -0.872. The van der Waals surface area contributed by atoms with Crippen LogP contribution in [0, 0.1) is 0 Å². The molecule has 0 bridgehead atoms. The Balaban J connectivity index is 2.48. The monoisotopic (exact) mass is 160 g/mol. The van der Waals surface area contributed by atoms with Crippen LogP contribution in [0.15, 0.2) is 0 Å². The standard InChI is InChI=1S/C6H12N2O3/c1-6(2)10-3-4(11-6)5(9)8-7/h4H,3,7H2,1-2H3,(H,8,9). The van der Waals surface area contributed by atoms with Crippen LogP contribution in [-0.4, -0.2) is 24.4 Å². The maximum absolute atomic E-state index is 10.9. The highest BCUT2D eigenvalue weighted by atomic mass is 16.7. The van der Waals surface area contributed by atoms with Crippen molar-refractivity contribution < 1.29 is 14.3 Å². The molecular formula is C6H12N2O3. The highest BCUT2D eigenvalue weighted by Gasteiger charge is 2.36. The van der Waals surface area contributed by atoms with Gasteiger partial charge in [-0.3, -0.25) is 10.2 Å². The van der Waals surface area contributed by atoms with Gasteiger partial charge in [-0.15, -0.1) is 0 Å². The van der Waals surface area contributed by atoms with E-state index in [0.29, 0.717) is 0 Å². The first kappa shape index (κ1) is 8.45. The third-order valence-corrected chi connectivity index (χ3v) is 1.44. The summed E-state index contributed by atoms with van der Waals surface area (Å²) < 4.78 is 10.3. The van der Waals surface area contributed by atoms with Gasteiger partial charge in [-0.05, 0) is 13.8 Å². The summed E-state index contributed by atoms with van der Waals surface area (Å²) in [4.78, 5) is 10.9. The van der Waals surface area contributed by atoms with Crippen molar-refractivity contribution in [3.63, 3.8) is 0 Å². The molecule has 0 spiro atoms. The number of ether oxygens (including phenoxy) is 2. The smallest absolute Gasteiger partial charge is 0.265 e. The molecule has 11 heavy (non-hydrogen) atoms. The van der Waals surface area contributed by atoms with Crippen LogP contribution in [0.3, 0.4) is 0 Å². The fourth-order valence-corrected chi connectivity index (χ4v) is 0.909. The van der Waals surface area contributed by atoms with Crippen LogP contribution in [0.1, 0.15) is 13.8 Å². The van der Waals surface area contributed by atoms with E-state index in [-0.39, 0.29) is 12.5 Å². The number of hydrogen-bond acceptors (Lipinski definition) is 4. The van der Waals surface area contributed by atoms with Gasteiger partial charge in [0.25, 0.3) is 5.91 Å². The summed E-state index contributed by atoms with van der Waals surface area (Å²) >= 11 is 0. The summed E-state index contributed by atoms with van der Waals surface area (Å²) in [6.07, 6.45) is -0.574. The largest absolute Gasteiger partial charge is 0.347 e. The number of hydrogen-bond donors (Lipinski definition) is 2. The minimum Gasteiger partial charge on any atom is -0.347 e. The SMILES string of the molecule is CC1(C)OCC(C(=O)NN)O1. The van der Waals surface area contributed by atoms with E-state index in [1.54, 1.807) is 13.8 Å². The Morgan fingerprint density at radius 1 is 1.73 bits per heavy atom. The lowest BCUT2D eigenvalue weighted by Crippen LogP contribution is -2.41. The Morgan fingerprint density at radius 3 is 2.73 bits per heavy atom. The number of rotatable bonds is 1. The Labute approximate surface area is 64.8 Å². The Morgan fingerprint density at radius 2 is 2.36 bits per heavy atom. The number of carbonyl (C=O) groups is 1. The summed E-state index contributed by atoms with van der Waals surface area (Å²) in [5.74, 6) is 3.88. The van der Waals surface area contributed by atoms with Crippen LogP contribution >= 0.6 is 0 Å². The van der Waals surface area contributed by atoms with Gasteiger partial charge in [0.2, 0.25) is 0 Å². The second-order valence-electron chi connectivity index (χ2n) is 2.83. The van der Waals surface area contributed by atoms with E-state index in [1.807, 2.05) is 5.43 Å². The van der Waals surface area contributed by atoms with E-state index in [1.165, 1.54) is 0 Å². The van der Waals surface area contributed by atoms with Gasteiger partial charge in [0, 0.05) is 0 Å². The minimum atomic E-state index is -0.669. The molecule has 1 aliphatic rings. The average Bonchev–Trinajstić information content (AvgIpc) is 2.29. The molecule has 1 heterocycles. The molecule has 0 aliphatic carbocycles. The molecular weight excluding hydrogens is 148 g/mol. The Bertz CT molecular complexity index is 169. The second kappa shape index (κ2) is 2.77. The summed E-state index contributed by atoms with van der Waals surface area (Å²) in [5.41, 5.74) is 2.00. The first-order valence-corrected chi connectivity index (χ1v) is 3.37. The van der Waals surface area contributed by atoms with Crippen molar-refractivity contribution in [2.45, 2.75) is 25.7 Å². The minimum absolute atomic E-state index is 0.260. The molecule has 0 aromatic rings. The maximum Gasteiger partial charge on any atom is 0.265 e. The van der Waals surface area contributed by atoms with Crippen LogP contribution in [0.25, 0.3) is 0 Å². The zero-order valence-corrected chi connectivity index (χ0v) is 6.59. The van der Waals surface area contributed by atoms with Crippen LogP contribution in [0.4, 0.5) is 0 Å². The van der Waals surface area contributed by atoms with Crippen LogP contribution < -0.4 is 11.3 Å². The summed E-state index contributed by atoms with van der Waals surface area (Å²) in [5, 5.41) is 0. The number of nitrogens with one attached hydrogen (secondary N) is 1. The summed E-state index contributed by atoms with van der Waals surface area (Å²) in [7, 11) is 0. The number of carbonyl (C=O) groups excluding carboxylic acids is 1. The van der Waals surface area contributed by atoms with Gasteiger partial charge in [-0.1, -0.05) is 0 Å². The van der Waals surface area contributed by atoms with Gasteiger partial charge in [0.15, 0.2) is 11.9 Å². The first-order chi connectivity index (χ1) is 5.05. The van der Waals surface area contributed by atoms with Crippen LogP contribution in [-0.2, 0) is 14.3 Å². The summed E-state index contributed by atoms with van der Waals surface area (Å²) in [6.45, 7) is 3.75. The highest BCUT2D eigenvalue weighted by Crippen LogP contribution is 2.21. The third kappa shape index (κ3) is 1.89. The molecule has 0 saturated carbocycles. The van der Waals surface area contributed by atoms with Crippen molar-refractivity contribution in [3.8, 4) is 0 Å². The number of hydrazine groups is 1. The van der Waals surface area contributed by atoms with E-state index >= 15 is 0 Å². The van der Waals surface area contributed by atoms with E-state index in [0.717, 1.165) is 0 Å². The molecule has 1 fully saturated rings. The number of amides is 1. The van der Waals surface area contributed by atoms with Crippen molar-refractivity contribution in [3.05, 3.63) is 0 Å². The third-order valence-electron chi connectivity index (χ3n) is 1.44. The van der Waals surface area contributed by atoms with Gasteiger partial charge in [-0.2, -0.15) is 0 Å². The quantitative estimate of drug-likeness (QED) is 0.297. The normalized spacial score (nSPS) is 28.5. The molecule has 5 nitrogen and oxygen atoms in total. The van der Waals surface area contributed by atoms with Gasteiger partial charge in [-0.25, -0.2) is 5.84 Å². The zero-order valence-electron chi connectivity index (χ0n) is 6.59. The fourth-order valence-electron chi connectivity index (χ4n) is 0.909. The lowest BCUT2D eigenvalue weighted by atomic mass is 10.3. The topological polar surface area (TPSA) is 73.6 Å². The van der Waals surface area contributed by atoms with Crippen LogP contribution in [0.5, 0.6) is 0 Å². The lowest BCUT2D eigenvalue weighted by molar-refractivity contribution is -0.153. The van der Waals surface area contributed by atoms with Crippen molar-refractivity contribution in [2.75, 3.05) is 6.61 Å². The van der Waals surface area contributed by atoms with Gasteiger partial charge in [0.1, 0.15) is 0 Å². The maximum atomic E-state index is 10.9. The molecule has 1 aliphatic heterocycles. The molecule has 3 N–H and O–H groups in total. The first-order valence-electron chi connectivity index (χ1n) is 3.37. The Kier molecular flexibility index (Phi) is 2.12.